The Labute approximate surface area is 200 Å². The van der Waals surface area contributed by atoms with Crippen LogP contribution < -0.4 is 9.64 Å². The molecule has 3 aromatic rings. The van der Waals surface area contributed by atoms with Crippen LogP contribution in [0.1, 0.15) is 16.8 Å². The van der Waals surface area contributed by atoms with Gasteiger partial charge in [0.05, 0.1) is 30.5 Å². The van der Waals surface area contributed by atoms with Gasteiger partial charge in [0.15, 0.2) is 5.13 Å². The van der Waals surface area contributed by atoms with E-state index in [9.17, 15) is 4.79 Å². The molecule has 2 heterocycles. The number of hydrogen-bond acceptors (Lipinski definition) is 6. The number of carbonyl (C=O) groups is 1. The van der Waals surface area contributed by atoms with E-state index >= 15 is 0 Å². The summed E-state index contributed by atoms with van der Waals surface area (Å²) in [5.41, 5.74) is 1.53. The average Bonchev–Trinajstić information content (AvgIpc) is 3.20. The Morgan fingerprint density at radius 2 is 1.97 bits per heavy atom. The van der Waals surface area contributed by atoms with Crippen LogP contribution in [0.3, 0.4) is 0 Å². The van der Waals surface area contributed by atoms with Crippen molar-refractivity contribution in [3.8, 4) is 5.75 Å². The molecule has 1 aliphatic heterocycles. The molecule has 0 aliphatic carbocycles. The zero-order valence-electron chi connectivity index (χ0n) is 17.3. The Balaban J connectivity index is 0.00000272. The smallest absolute Gasteiger partial charge is 0.260 e. The molecule has 1 aromatic heterocycles. The van der Waals surface area contributed by atoms with Crippen LogP contribution in [0.5, 0.6) is 5.75 Å². The third kappa shape index (κ3) is 5.96. The lowest BCUT2D eigenvalue weighted by Crippen LogP contribution is -2.39. The molecule has 0 unspecified atom stereocenters. The lowest BCUT2D eigenvalue weighted by Gasteiger charge is -2.27. The van der Waals surface area contributed by atoms with Crippen LogP contribution in [0, 0.1) is 0 Å². The minimum Gasteiger partial charge on any atom is -0.497 e. The van der Waals surface area contributed by atoms with E-state index in [2.05, 4.69) is 20.8 Å². The first-order valence-corrected chi connectivity index (χ1v) is 11.6. The van der Waals surface area contributed by atoms with Crippen molar-refractivity contribution in [3.63, 3.8) is 0 Å². The fourth-order valence-electron chi connectivity index (χ4n) is 3.45. The highest BCUT2D eigenvalue weighted by Crippen LogP contribution is 2.32. The lowest BCUT2D eigenvalue weighted by atomic mass is 10.2. The molecular formula is C22H25BrClN3O3S. The van der Waals surface area contributed by atoms with Crippen molar-refractivity contribution in [1.82, 2.24) is 9.88 Å². The Kier molecular flexibility index (Phi) is 8.68. The summed E-state index contributed by atoms with van der Waals surface area (Å²) in [4.78, 5) is 22.3. The summed E-state index contributed by atoms with van der Waals surface area (Å²) in [5, 5.41) is 0.728. The number of rotatable bonds is 7. The number of morpholine rings is 1. The molecule has 1 amide bonds. The SMILES string of the molecule is COc1ccc(C(=O)N(CCCN2CCOCC2)c2nc3ccc(Br)cc3s2)cc1.Cl. The van der Waals surface area contributed by atoms with E-state index in [1.807, 2.05) is 30.3 Å². The van der Waals surface area contributed by atoms with Crippen LogP contribution >= 0.6 is 39.7 Å². The van der Waals surface area contributed by atoms with Gasteiger partial charge in [0.1, 0.15) is 5.75 Å². The molecule has 9 heteroatoms. The molecule has 166 valence electrons. The van der Waals surface area contributed by atoms with Crippen molar-refractivity contribution in [1.29, 1.82) is 0 Å². The molecule has 4 rings (SSSR count). The number of anilines is 1. The van der Waals surface area contributed by atoms with Gasteiger partial charge >= 0.3 is 0 Å². The highest BCUT2D eigenvalue weighted by Gasteiger charge is 2.22. The molecule has 0 N–H and O–H groups in total. The second-order valence-corrected chi connectivity index (χ2v) is 9.03. The zero-order valence-corrected chi connectivity index (χ0v) is 20.5. The molecule has 31 heavy (non-hydrogen) atoms. The number of hydrogen-bond donors (Lipinski definition) is 0. The van der Waals surface area contributed by atoms with Crippen LogP contribution in [-0.4, -0.2) is 62.3 Å². The minimum absolute atomic E-state index is 0. The highest BCUT2D eigenvalue weighted by atomic mass is 79.9. The van der Waals surface area contributed by atoms with Gasteiger partial charge in [0.2, 0.25) is 0 Å². The normalized spacial score (nSPS) is 14.3. The lowest BCUT2D eigenvalue weighted by molar-refractivity contribution is 0.0376. The molecule has 0 spiro atoms. The predicted octanol–water partition coefficient (Wildman–Crippen LogP) is 4.86. The molecule has 0 atom stereocenters. The maximum atomic E-state index is 13.4. The van der Waals surface area contributed by atoms with Gasteiger partial charge in [-0.2, -0.15) is 0 Å². The van der Waals surface area contributed by atoms with Crippen molar-refractivity contribution in [3.05, 3.63) is 52.5 Å². The Morgan fingerprint density at radius 1 is 1.23 bits per heavy atom. The van der Waals surface area contributed by atoms with Gasteiger partial charge in [-0.25, -0.2) is 4.98 Å². The number of carbonyl (C=O) groups excluding carboxylic acids is 1. The number of thiazole rings is 1. The number of amides is 1. The largest absolute Gasteiger partial charge is 0.497 e. The van der Waals surface area contributed by atoms with E-state index in [4.69, 9.17) is 14.5 Å². The van der Waals surface area contributed by atoms with Gasteiger partial charge in [-0.05, 0) is 48.9 Å². The first-order chi connectivity index (χ1) is 14.6. The third-order valence-electron chi connectivity index (χ3n) is 5.11. The Hall–Kier alpha value is -1.71. The Morgan fingerprint density at radius 3 is 2.68 bits per heavy atom. The quantitative estimate of drug-likeness (QED) is 0.440. The van der Waals surface area contributed by atoms with Gasteiger partial charge in [-0.3, -0.25) is 14.6 Å². The number of halogens is 2. The van der Waals surface area contributed by atoms with Gasteiger partial charge < -0.3 is 9.47 Å². The molecule has 1 saturated heterocycles. The highest BCUT2D eigenvalue weighted by molar-refractivity contribution is 9.10. The van der Waals surface area contributed by atoms with Crippen molar-refractivity contribution in [2.75, 3.05) is 51.4 Å². The third-order valence-corrected chi connectivity index (χ3v) is 6.65. The number of ether oxygens (including phenoxy) is 2. The van der Waals surface area contributed by atoms with Crippen molar-refractivity contribution < 1.29 is 14.3 Å². The van der Waals surface area contributed by atoms with E-state index in [1.54, 1.807) is 35.5 Å². The maximum absolute atomic E-state index is 13.4. The molecule has 0 radical (unpaired) electrons. The maximum Gasteiger partial charge on any atom is 0.260 e. The standard InChI is InChI=1S/C22H24BrN3O3S.ClH/c1-28-18-6-3-16(4-7-18)21(27)26(10-2-9-25-11-13-29-14-12-25)22-24-19-8-5-17(23)15-20(19)30-22;/h3-8,15H,2,9-14H2,1H3;1H. The predicted molar refractivity (Wildman–Crippen MR) is 131 cm³/mol. The first-order valence-electron chi connectivity index (χ1n) is 9.96. The first kappa shape index (κ1) is 23.9. The summed E-state index contributed by atoms with van der Waals surface area (Å²) in [6, 6.07) is 13.2. The average molecular weight is 527 g/mol. The zero-order chi connectivity index (χ0) is 20.9. The summed E-state index contributed by atoms with van der Waals surface area (Å²) in [6.07, 6.45) is 0.877. The van der Waals surface area contributed by atoms with E-state index in [0.717, 1.165) is 64.8 Å². The number of nitrogens with zero attached hydrogens (tertiary/aromatic N) is 3. The van der Waals surface area contributed by atoms with E-state index in [0.29, 0.717) is 12.1 Å². The van der Waals surface area contributed by atoms with Crippen molar-refractivity contribution in [2.45, 2.75) is 6.42 Å². The molecule has 0 saturated carbocycles. The number of fused-ring (bicyclic) bond motifs is 1. The van der Waals surface area contributed by atoms with Crippen LogP contribution in [0.4, 0.5) is 5.13 Å². The summed E-state index contributed by atoms with van der Waals surface area (Å²) in [7, 11) is 1.62. The fourth-order valence-corrected chi connectivity index (χ4v) is 4.99. The summed E-state index contributed by atoms with van der Waals surface area (Å²) < 4.78 is 12.7. The van der Waals surface area contributed by atoms with Crippen molar-refractivity contribution >= 4 is 60.9 Å². The summed E-state index contributed by atoms with van der Waals surface area (Å²) in [6.45, 7) is 5.00. The molecular weight excluding hydrogens is 502 g/mol. The Bertz CT molecular complexity index is 1010. The van der Waals surface area contributed by atoms with E-state index < -0.39 is 0 Å². The minimum atomic E-state index is -0.0437. The van der Waals surface area contributed by atoms with Gasteiger partial charge in [-0.1, -0.05) is 27.3 Å². The summed E-state index contributed by atoms with van der Waals surface area (Å²) in [5.74, 6) is 0.688. The van der Waals surface area contributed by atoms with Crippen molar-refractivity contribution in [2.24, 2.45) is 0 Å². The number of methoxy groups -OCH3 is 1. The monoisotopic (exact) mass is 525 g/mol. The molecule has 1 fully saturated rings. The molecule has 6 nitrogen and oxygen atoms in total. The molecule has 1 aliphatic rings. The molecule has 2 aromatic carbocycles. The second-order valence-electron chi connectivity index (χ2n) is 7.10. The topological polar surface area (TPSA) is 54.9 Å². The van der Waals surface area contributed by atoms with Crippen LogP contribution in [0.25, 0.3) is 10.2 Å². The number of aromatic nitrogens is 1. The fraction of sp³-hybridized carbons (Fsp3) is 0.364. The van der Waals surface area contributed by atoms with Crippen LogP contribution in [0.2, 0.25) is 0 Å². The van der Waals surface area contributed by atoms with Gasteiger partial charge in [0.25, 0.3) is 5.91 Å². The van der Waals surface area contributed by atoms with Gasteiger partial charge in [-0.15, -0.1) is 12.4 Å². The second kappa shape index (κ2) is 11.2. The van der Waals surface area contributed by atoms with E-state index in [-0.39, 0.29) is 18.3 Å². The summed E-state index contributed by atoms with van der Waals surface area (Å²) >= 11 is 5.06. The number of benzene rings is 2. The van der Waals surface area contributed by atoms with Crippen LogP contribution in [-0.2, 0) is 4.74 Å². The van der Waals surface area contributed by atoms with Crippen LogP contribution in [0.15, 0.2) is 46.9 Å². The van der Waals surface area contributed by atoms with Gasteiger partial charge in [0, 0.05) is 36.2 Å². The van der Waals surface area contributed by atoms with E-state index in [1.165, 1.54) is 0 Å². The molecule has 0 bridgehead atoms.